The molecule has 1 atom stereocenters. The Bertz CT molecular complexity index is 410. The van der Waals surface area contributed by atoms with Crippen molar-refractivity contribution in [2.45, 2.75) is 18.9 Å². The Hall–Kier alpha value is -1.59. The average Bonchev–Trinajstić information content (AvgIpc) is 2.52. The number of ether oxygens (including phenoxy) is 2. The van der Waals surface area contributed by atoms with E-state index in [1.165, 1.54) is 0 Å². The van der Waals surface area contributed by atoms with Crippen LogP contribution in [0.25, 0.3) is 0 Å². The van der Waals surface area contributed by atoms with Crippen LogP contribution in [-0.2, 0) is 9.53 Å². The molecule has 1 aliphatic rings. The number of aliphatic hydroxyl groups is 1. The lowest BCUT2D eigenvalue weighted by atomic mass is 10.2. The second-order valence-corrected chi connectivity index (χ2v) is 4.76. The van der Waals surface area contributed by atoms with Crippen LogP contribution >= 0.6 is 0 Å². The van der Waals surface area contributed by atoms with Crippen LogP contribution in [0.15, 0.2) is 30.3 Å². The van der Waals surface area contributed by atoms with Crippen LogP contribution in [0, 0.1) is 0 Å². The number of carbonyl (C=O) groups is 1. The predicted octanol–water partition coefficient (Wildman–Crippen LogP) is 1.07. The molecule has 0 radical (unpaired) electrons. The SMILES string of the molecule is O=C(CCCOc1ccccc1)N1CCOCC1CO. The van der Waals surface area contributed by atoms with Crippen LogP contribution in [0.1, 0.15) is 12.8 Å². The van der Waals surface area contributed by atoms with Crippen molar-refractivity contribution in [3.05, 3.63) is 30.3 Å². The number of hydrogen-bond acceptors (Lipinski definition) is 4. The molecule has 0 bridgehead atoms. The van der Waals surface area contributed by atoms with Gasteiger partial charge in [-0.25, -0.2) is 0 Å². The summed E-state index contributed by atoms with van der Waals surface area (Å²) < 4.78 is 10.8. The van der Waals surface area contributed by atoms with Crippen molar-refractivity contribution >= 4 is 5.91 Å². The summed E-state index contributed by atoms with van der Waals surface area (Å²) in [5.41, 5.74) is 0. The smallest absolute Gasteiger partial charge is 0.223 e. The standard InChI is InChI=1S/C15H21NO4/c17-11-13-12-19-10-8-16(13)15(18)7-4-9-20-14-5-2-1-3-6-14/h1-3,5-6,13,17H,4,7-12H2. The van der Waals surface area contributed by atoms with Crippen molar-refractivity contribution in [1.29, 1.82) is 0 Å². The normalized spacial score (nSPS) is 18.9. The first-order valence-corrected chi connectivity index (χ1v) is 6.97. The maximum atomic E-state index is 12.1. The molecule has 1 unspecified atom stereocenters. The van der Waals surface area contributed by atoms with Crippen LogP contribution in [-0.4, -0.2) is 54.9 Å². The summed E-state index contributed by atoms with van der Waals surface area (Å²) in [5.74, 6) is 0.878. The molecular weight excluding hydrogens is 258 g/mol. The Kier molecular flexibility index (Phi) is 5.83. The molecule has 1 fully saturated rings. The van der Waals surface area contributed by atoms with E-state index < -0.39 is 0 Å². The molecule has 0 spiro atoms. The lowest BCUT2D eigenvalue weighted by molar-refractivity contribution is -0.141. The highest BCUT2D eigenvalue weighted by atomic mass is 16.5. The number of para-hydroxylation sites is 1. The number of morpholine rings is 1. The van der Waals surface area contributed by atoms with Gasteiger partial charge in [0.2, 0.25) is 5.91 Å². The fourth-order valence-corrected chi connectivity index (χ4v) is 2.21. The van der Waals surface area contributed by atoms with E-state index in [-0.39, 0.29) is 18.6 Å². The van der Waals surface area contributed by atoms with Crippen LogP contribution in [0.2, 0.25) is 0 Å². The Balaban J connectivity index is 1.69. The summed E-state index contributed by atoms with van der Waals surface area (Å²) >= 11 is 0. The minimum Gasteiger partial charge on any atom is -0.494 e. The first kappa shape index (κ1) is 14.8. The molecule has 2 rings (SSSR count). The predicted molar refractivity (Wildman–Crippen MR) is 74.6 cm³/mol. The third-order valence-electron chi connectivity index (χ3n) is 3.31. The minimum atomic E-state index is -0.203. The van der Waals surface area contributed by atoms with Gasteiger partial charge in [-0.15, -0.1) is 0 Å². The van der Waals surface area contributed by atoms with Gasteiger partial charge in [0.05, 0.1) is 32.5 Å². The number of nitrogens with zero attached hydrogens (tertiary/aromatic N) is 1. The van der Waals surface area contributed by atoms with E-state index in [0.717, 1.165) is 5.75 Å². The number of carbonyl (C=O) groups excluding carboxylic acids is 1. The van der Waals surface area contributed by atoms with Crippen molar-refractivity contribution in [3.8, 4) is 5.75 Å². The lowest BCUT2D eigenvalue weighted by Crippen LogP contribution is -2.50. The summed E-state index contributed by atoms with van der Waals surface area (Å²) in [6, 6.07) is 9.35. The molecular formula is C15H21NO4. The summed E-state index contributed by atoms with van der Waals surface area (Å²) in [7, 11) is 0. The second kappa shape index (κ2) is 7.87. The molecule has 1 saturated heterocycles. The monoisotopic (exact) mass is 279 g/mol. The van der Waals surface area contributed by atoms with Crippen molar-refractivity contribution in [2.24, 2.45) is 0 Å². The van der Waals surface area contributed by atoms with E-state index in [4.69, 9.17) is 9.47 Å². The summed E-state index contributed by atoms with van der Waals surface area (Å²) in [6.45, 7) is 1.99. The lowest BCUT2D eigenvalue weighted by Gasteiger charge is -2.34. The van der Waals surface area contributed by atoms with Crippen molar-refractivity contribution in [3.63, 3.8) is 0 Å². The van der Waals surface area contributed by atoms with Crippen LogP contribution in [0.3, 0.4) is 0 Å². The Morgan fingerprint density at radius 1 is 1.40 bits per heavy atom. The molecule has 1 aromatic rings. The molecule has 5 heteroatoms. The van der Waals surface area contributed by atoms with Gasteiger partial charge >= 0.3 is 0 Å². The number of rotatable bonds is 6. The van der Waals surface area contributed by atoms with Gasteiger partial charge in [0.15, 0.2) is 0 Å². The zero-order valence-electron chi connectivity index (χ0n) is 11.5. The molecule has 0 aromatic heterocycles. The van der Waals surface area contributed by atoms with E-state index in [0.29, 0.717) is 39.2 Å². The highest BCUT2D eigenvalue weighted by molar-refractivity contribution is 5.76. The molecule has 1 aromatic carbocycles. The van der Waals surface area contributed by atoms with Gasteiger partial charge in [-0.3, -0.25) is 4.79 Å². The fourth-order valence-electron chi connectivity index (χ4n) is 2.21. The summed E-state index contributed by atoms with van der Waals surface area (Å²) in [6.07, 6.45) is 1.10. The van der Waals surface area contributed by atoms with E-state index >= 15 is 0 Å². The Morgan fingerprint density at radius 3 is 2.95 bits per heavy atom. The molecule has 5 nitrogen and oxygen atoms in total. The van der Waals surface area contributed by atoms with E-state index in [1.807, 2.05) is 30.3 Å². The van der Waals surface area contributed by atoms with Crippen LogP contribution < -0.4 is 4.74 Å². The van der Waals surface area contributed by atoms with Gasteiger partial charge in [0.25, 0.3) is 0 Å². The molecule has 20 heavy (non-hydrogen) atoms. The Morgan fingerprint density at radius 2 is 2.20 bits per heavy atom. The largest absolute Gasteiger partial charge is 0.494 e. The molecule has 110 valence electrons. The highest BCUT2D eigenvalue weighted by Gasteiger charge is 2.25. The van der Waals surface area contributed by atoms with Gasteiger partial charge in [-0.05, 0) is 18.6 Å². The Labute approximate surface area is 119 Å². The van der Waals surface area contributed by atoms with Crippen molar-refractivity contribution in [1.82, 2.24) is 4.90 Å². The van der Waals surface area contributed by atoms with Gasteiger partial charge in [-0.2, -0.15) is 0 Å². The second-order valence-electron chi connectivity index (χ2n) is 4.76. The number of aliphatic hydroxyl groups excluding tert-OH is 1. The maximum absolute atomic E-state index is 12.1. The van der Waals surface area contributed by atoms with Crippen LogP contribution in [0.4, 0.5) is 0 Å². The average molecular weight is 279 g/mol. The van der Waals surface area contributed by atoms with Crippen LogP contribution in [0.5, 0.6) is 5.75 Å². The van der Waals surface area contributed by atoms with E-state index in [9.17, 15) is 9.90 Å². The molecule has 1 N–H and O–H groups in total. The first-order chi connectivity index (χ1) is 9.81. The molecule has 1 amide bonds. The number of benzene rings is 1. The van der Waals surface area contributed by atoms with E-state index in [2.05, 4.69) is 0 Å². The first-order valence-electron chi connectivity index (χ1n) is 6.97. The van der Waals surface area contributed by atoms with E-state index in [1.54, 1.807) is 4.90 Å². The zero-order chi connectivity index (χ0) is 14.2. The summed E-state index contributed by atoms with van der Waals surface area (Å²) in [4.78, 5) is 13.8. The topological polar surface area (TPSA) is 59.0 Å². The number of amides is 1. The van der Waals surface area contributed by atoms with Gasteiger partial charge < -0.3 is 19.5 Å². The summed E-state index contributed by atoms with van der Waals surface area (Å²) in [5, 5.41) is 9.23. The van der Waals surface area contributed by atoms with Gasteiger partial charge in [0, 0.05) is 13.0 Å². The number of hydrogen-bond donors (Lipinski definition) is 1. The van der Waals surface area contributed by atoms with Crippen molar-refractivity contribution < 1.29 is 19.4 Å². The molecule has 0 saturated carbocycles. The van der Waals surface area contributed by atoms with Gasteiger partial charge in [0.1, 0.15) is 5.75 Å². The fraction of sp³-hybridized carbons (Fsp3) is 0.533. The minimum absolute atomic E-state index is 0.0493. The maximum Gasteiger partial charge on any atom is 0.223 e. The third-order valence-corrected chi connectivity index (χ3v) is 3.31. The quantitative estimate of drug-likeness (QED) is 0.791. The molecule has 1 heterocycles. The highest BCUT2D eigenvalue weighted by Crippen LogP contribution is 2.11. The third kappa shape index (κ3) is 4.21. The van der Waals surface area contributed by atoms with Crippen molar-refractivity contribution in [2.75, 3.05) is 33.0 Å². The molecule has 1 aliphatic heterocycles. The van der Waals surface area contributed by atoms with Gasteiger partial charge in [-0.1, -0.05) is 18.2 Å². The molecule has 0 aliphatic carbocycles. The zero-order valence-corrected chi connectivity index (χ0v) is 11.5.